The van der Waals surface area contributed by atoms with Crippen LogP contribution in [-0.4, -0.2) is 65.8 Å². The number of ether oxygens (including phenoxy) is 1. The number of anilines is 2. The van der Waals surface area contributed by atoms with E-state index in [0.29, 0.717) is 37.3 Å². The molecule has 3 heterocycles. The van der Waals surface area contributed by atoms with Crippen LogP contribution in [0, 0.1) is 0 Å². The van der Waals surface area contributed by atoms with Crippen LogP contribution in [0.25, 0.3) is 0 Å². The average Bonchev–Trinajstić information content (AvgIpc) is 2.61. The molecule has 26 heavy (non-hydrogen) atoms. The van der Waals surface area contributed by atoms with Crippen molar-refractivity contribution in [2.24, 2.45) is 0 Å². The molecule has 2 saturated heterocycles. The van der Waals surface area contributed by atoms with Crippen LogP contribution >= 0.6 is 11.6 Å². The fraction of sp³-hybridized carbons (Fsp3) is 0.722. The lowest BCUT2D eigenvalue weighted by molar-refractivity contribution is 0.0240. The summed E-state index contributed by atoms with van der Waals surface area (Å²) in [6.07, 6.45) is 3.38. The molecule has 1 aromatic heterocycles. The van der Waals surface area contributed by atoms with Crippen molar-refractivity contribution in [2.45, 2.75) is 45.6 Å². The number of nitrogens with zero attached hydrogens (tertiary/aromatic N) is 5. The average molecular weight is 382 g/mol. The van der Waals surface area contributed by atoms with Crippen LogP contribution in [0.15, 0.2) is 6.07 Å². The maximum atomic E-state index is 12.2. The molecule has 0 N–H and O–H groups in total. The zero-order valence-electron chi connectivity index (χ0n) is 15.9. The number of hydrogen-bond acceptors (Lipinski definition) is 6. The Bertz CT molecular complexity index is 635. The maximum Gasteiger partial charge on any atom is 0.410 e. The maximum absolute atomic E-state index is 12.2. The highest BCUT2D eigenvalue weighted by molar-refractivity contribution is 6.29. The van der Waals surface area contributed by atoms with E-state index in [1.807, 2.05) is 26.8 Å². The summed E-state index contributed by atoms with van der Waals surface area (Å²) in [7, 11) is 0. The molecule has 2 aliphatic rings. The van der Waals surface area contributed by atoms with Gasteiger partial charge in [0.1, 0.15) is 16.6 Å². The molecule has 0 aromatic carbocycles. The molecule has 2 aliphatic heterocycles. The van der Waals surface area contributed by atoms with Gasteiger partial charge in [-0.1, -0.05) is 11.6 Å². The van der Waals surface area contributed by atoms with Crippen molar-refractivity contribution in [2.75, 3.05) is 49.1 Å². The Morgan fingerprint density at radius 1 is 1.00 bits per heavy atom. The molecule has 3 rings (SSSR count). The highest BCUT2D eigenvalue weighted by Gasteiger charge is 2.27. The minimum absolute atomic E-state index is 0.266. The Morgan fingerprint density at radius 2 is 1.65 bits per heavy atom. The van der Waals surface area contributed by atoms with E-state index < -0.39 is 5.60 Å². The molecule has 0 saturated carbocycles. The van der Waals surface area contributed by atoms with E-state index in [9.17, 15) is 4.79 Å². The lowest BCUT2D eigenvalue weighted by atomic mass is 10.1. The minimum atomic E-state index is -0.479. The molecule has 7 nitrogen and oxygen atoms in total. The van der Waals surface area contributed by atoms with Crippen LogP contribution in [-0.2, 0) is 4.74 Å². The van der Waals surface area contributed by atoms with Gasteiger partial charge in [-0.05, 0) is 40.0 Å². The van der Waals surface area contributed by atoms with Gasteiger partial charge in [-0.2, -0.15) is 4.98 Å². The Morgan fingerprint density at radius 3 is 2.27 bits per heavy atom. The number of halogens is 1. The van der Waals surface area contributed by atoms with Crippen LogP contribution < -0.4 is 9.80 Å². The van der Waals surface area contributed by atoms with E-state index in [2.05, 4.69) is 14.8 Å². The van der Waals surface area contributed by atoms with Gasteiger partial charge < -0.3 is 19.4 Å². The van der Waals surface area contributed by atoms with Gasteiger partial charge in [-0.15, -0.1) is 0 Å². The highest BCUT2D eigenvalue weighted by Crippen LogP contribution is 2.24. The molecule has 0 atom stereocenters. The van der Waals surface area contributed by atoms with Gasteiger partial charge >= 0.3 is 6.09 Å². The van der Waals surface area contributed by atoms with Gasteiger partial charge in [0, 0.05) is 45.3 Å². The van der Waals surface area contributed by atoms with Crippen molar-refractivity contribution >= 4 is 29.5 Å². The third-order valence-corrected chi connectivity index (χ3v) is 4.76. The lowest BCUT2D eigenvalue weighted by Gasteiger charge is -2.36. The van der Waals surface area contributed by atoms with Crippen molar-refractivity contribution in [1.82, 2.24) is 14.9 Å². The van der Waals surface area contributed by atoms with Gasteiger partial charge in [0.25, 0.3) is 0 Å². The molecule has 2 fully saturated rings. The Hall–Kier alpha value is -1.76. The first-order valence-corrected chi connectivity index (χ1v) is 9.72. The molecular weight excluding hydrogens is 354 g/mol. The number of piperidine rings is 1. The number of hydrogen-bond donors (Lipinski definition) is 0. The number of rotatable bonds is 2. The van der Waals surface area contributed by atoms with Gasteiger partial charge in [0.05, 0.1) is 0 Å². The van der Waals surface area contributed by atoms with E-state index >= 15 is 0 Å². The smallest absolute Gasteiger partial charge is 0.410 e. The first-order valence-electron chi connectivity index (χ1n) is 9.34. The van der Waals surface area contributed by atoms with E-state index in [1.54, 1.807) is 4.90 Å². The van der Waals surface area contributed by atoms with Crippen LogP contribution in [0.4, 0.5) is 16.6 Å². The van der Waals surface area contributed by atoms with Gasteiger partial charge in [-0.3, -0.25) is 0 Å². The van der Waals surface area contributed by atoms with E-state index in [4.69, 9.17) is 21.3 Å². The largest absolute Gasteiger partial charge is 0.444 e. The molecule has 1 amide bonds. The Balaban J connectivity index is 1.64. The predicted octanol–water partition coefficient (Wildman–Crippen LogP) is 3.18. The number of carbonyl (C=O) groups is 1. The van der Waals surface area contributed by atoms with Crippen molar-refractivity contribution in [3.05, 3.63) is 11.2 Å². The number of amides is 1. The molecular formula is C18H28ClN5O2. The Labute approximate surface area is 160 Å². The monoisotopic (exact) mass is 381 g/mol. The first-order chi connectivity index (χ1) is 12.3. The second-order valence-corrected chi connectivity index (χ2v) is 8.24. The van der Waals surface area contributed by atoms with Gasteiger partial charge in [0.2, 0.25) is 5.95 Å². The summed E-state index contributed by atoms with van der Waals surface area (Å²) in [5.41, 5.74) is -0.479. The molecule has 8 heteroatoms. The molecule has 0 spiro atoms. The van der Waals surface area contributed by atoms with Gasteiger partial charge in [-0.25, -0.2) is 9.78 Å². The van der Waals surface area contributed by atoms with Crippen molar-refractivity contribution in [3.8, 4) is 0 Å². The van der Waals surface area contributed by atoms with E-state index in [-0.39, 0.29) is 6.09 Å². The molecule has 0 bridgehead atoms. The quantitative estimate of drug-likeness (QED) is 0.733. The fourth-order valence-electron chi connectivity index (χ4n) is 3.24. The van der Waals surface area contributed by atoms with Crippen LogP contribution in [0.2, 0.25) is 5.15 Å². The normalized spacial score (nSPS) is 18.8. The molecule has 0 aliphatic carbocycles. The molecule has 144 valence electrons. The summed E-state index contributed by atoms with van der Waals surface area (Å²) < 4.78 is 5.45. The highest BCUT2D eigenvalue weighted by atomic mass is 35.5. The summed E-state index contributed by atoms with van der Waals surface area (Å²) in [5, 5.41) is 0.463. The van der Waals surface area contributed by atoms with Gasteiger partial charge in [0.15, 0.2) is 0 Å². The summed E-state index contributed by atoms with van der Waals surface area (Å²) in [6.45, 7) is 10.2. The molecule has 1 aromatic rings. The zero-order valence-corrected chi connectivity index (χ0v) is 16.6. The van der Waals surface area contributed by atoms with Crippen LogP contribution in [0.1, 0.15) is 40.0 Å². The fourth-order valence-corrected chi connectivity index (χ4v) is 3.41. The van der Waals surface area contributed by atoms with Crippen molar-refractivity contribution in [1.29, 1.82) is 0 Å². The van der Waals surface area contributed by atoms with Crippen molar-refractivity contribution < 1.29 is 9.53 Å². The van der Waals surface area contributed by atoms with E-state index in [1.165, 1.54) is 19.3 Å². The van der Waals surface area contributed by atoms with Crippen molar-refractivity contribution in [3.63, 3.8) is 0 Å². The predicted molar refractivity (Wildman–Crippen MR) is 103 cm³/mol. The first kappa shape index (κ1) is 19.0. The number of aromatic nitrogens is 2. The standard InChI is InChI=1S/C18H28ClN5O2/c1-18(2,3)26-17(25)24-11-9-23(10-12-24)16-20-14(19)13-15(21-16)22-7-5-4-6-8-22/h13H,4-12H2,1-3H3. The Kier molecular flexibility index (Phi) is 5.75. The third kappa shape index (κ3) is 4.90. The zero-order chi connectivity index (χ0) is 18.7. The molecule has 0 radical (unpaired) electrons. The van der Waals surface area contributed by atoms with E-state index in [0.717, 1.165) is 18.9 Å². The third-order valence-electron chi connectivity index (χ3n) is 4.56. The minimum Gasteiger partial charge on any atom is -0.444 e. The molecule has 0 unspecified atom stereocenters. The summed E-state index contributed by atoms with van der Waals surface area (Å²) in [6, 6.07) is 1.84. The second kappa shape index (κ2) is 7.86. The summed E-state index contributed by atoms with van der Waals surface area (Å²) in [4.78, 5) is 27.4. The summed E-state index contributed by atoms with van der Waals surface area (Å²) in [5.74, 6) is 1.54. The van der Waals surface area contributed by atoms with Crippen LogP contribution in [0.5, 0.6) is 0 Å². The number of piperazine rings is 1. The second-order valence-electron chi connectivity index (χ2n) is 7.85. The van der Waals surface area contributed by atoms with Crippen LogP contribution in [0.3, 0.4) is 0 Å². The summed E-state index contributed by atoms with van der Waals surface area (Å²) >= 11 is 6.25. The number of carbonyl (C=O) groups excluding carboxylic acids is 1. The lowest BCUT2D eigenvalue weighted by Crippen LogP contribution is -2.50. The SMILES string of the molecule is CC(C)(C)OC(=O)N1CCN(c2nc(Cl)cc(N3CCCCC3)n2)CC1. The topological polar surface area (TPSA) is 61.8 Å².